The van der Waals surface area contributed by atoms with Gasteiger partial charge in [-0.1, -0.05) is 22.0 Å². The van der Waals surface area contributed by atoms with Crippen LogP contribution in [-0.4, -0.2) is 14.5 Å². The maximum absolute atomic E-state index is 6.19. The van der Waals surface area contributed by atoms with Gasteiger partial charge < -0.3 is 9.30 Å². The Hall–Kier alpha value is -1.88. The quantitative estimate of drug-likeness (QED) is 0.663. The molecule has 4 nitrogen and oxygen atoms in total. The lowest BCUT2D eigenvalue weighted by Gasteiger charge is -2.17. The Morgan fingerprint density at radius 2 is 1.95 bits per heavy atom. The number of aromatic nitrogens is 3. The standard InChI is InChI=1S/C17H18BrN3O/c1-11(2)21-10-20-15-8-13(18)9-16(17(15)21)22-12(3)14-6-4-5-7-19-14/h4-12H,1-3H3/t12-/m1/s1. The van der Waals surface area contributed by atoms with Crippen molar-refractivity contribution >= 4 is 27.0 Å². The first-order chi connectivity index (χ1) is 10.6. The average molecular weight is 360 g/mol. The summed E-state index contributed by atoms with van der Waals surface area (Å²) in [5, 5.41) is 0. The maximum Gasteiger partial charge on any atom is 0.147 e. The predicted octanol–water partition coefficient (Wildman–Crippen LogP) is 4.91. The van der Waals surface area contributed by atoms with Crippen LogP contribution in [0.3, 0.4) is 0 Å². The molecule has 1 aromatic carbocycles. The Kier molecular flexibility index (Phi) is 4.16. The SMILES string of the molecule is CC(C)n1cnc2cc(Br)cc(O[C@H](C)c3ccccn3)c21. The normalized spacial score (nSPS) is 12.8. The molecule has 0 aliphatic heterocycles. The van der Waals surface area contributed by atoms with Gasteiger partial charge >= 0.3 is 0 Å². The zero-order valence-corrected chi connectivity index (χ0v) is 14.4. The molecule has 0 spiro atoms. The molecule has 2 aromatic heterocycles. The maximum atomic E-state index is 6.19. The van der Waals surface area contributed by atoms with E-state index in [1.807, 2.05) is 43.6 Å². The van der Waals surface area contributed by atoms with Crippen LogP contribution in [0.2, 0.25) is 0 Å². The van der Waals surface area contributed by atoms with E-state index in [2.05, 4.69) is 44.3 Å². The van der Waals surface area contributed by atoms with E-state index in [0.717, 1.165) is 26.9 Å². The molecule has 0 amide bonds. The van der Waals surface area contributed by atoms with E-state index < -0.39 is 0 Å². The summed E-state index contributed by atoms with van der Waals surface area (Å²) in [5.41, 5.74) is 2.85. The molecule has 2 heterocycles. The topological polar surface area (TPSA) is 39.9 Å². The first-order valence-electron chi connectivity index (χ1n) is 7.30. The number of pyridine rings is 1. The van der Waals surface area contributed by atoms with E-state index in [-0.39, 0.29) is 6.10 Å². The lowest BCUT2D eigenvalue weighted by atomic mass is 10.2. The number of hydrogen-bond acceptors (Lipinski definition) is 3. The molecule has 0 bridgehead atoms. The van der Waals surface area contributed by atoms with Gasteiger partial charge in [0.05, 0.1) is 17.5 Å². The van der Waals surface area contributed by atoms with Crippen molar-refractivity contribution in [2.75, 3.05) is 0 Å². The second-order valence-electron chi connectivity index (χ2n) is 5.53. The van der Waals surface area contributed by atoms with Gasteiger partial charge in [0.1, 0.15) is 17.4 Å². The fraction of sp³-hybridized carbons (Fsp3) is 0.294. The largest absolute Gasteiger partial charge is 0.482 e. The monoisotopic (exact) mass is 359 g/mol. The summed E-state index contributed by atoms with van der Waals surface area (Å²) in [5.74, 6) is 0.814. The number of ether oxygens (including phenoxy) is 1. The van der Waals surface area contributed by atoms with Crippen LogP contribution < -0.4 is 4.74 Å². The summed E-state index contributed by atoms with van der Waals surface area (Å²) in [6.07, 6.45) is 3.51. The predicted molar refractivity (Wildman–Crippen MR) is 91.1 cm³/mol. The van der Waals surface area contributed by atoms with Gasteiger partial charge in [0.25, 0.3) is 0 Å². The van der Waals surface area contributed by atoms with E-state index in [1.54, 1.807) is 6.20 Å². The Morgan fingerprint density at radius 1 is 1.14 bits per heavy atom. The number of imidazole rings is 1. The van der Waals surface area contributed by atoms with Crippen LogP contribution in [0.5, 0.6) is 5.75 Å². The first kappa shape index (κ1) is 15.0. The van der Waals surface area contributed by atoms with E-state index >= 15 is 0 Å². The summed E-state index contributed by atoms with van der Waals surface area (Å²) < 4.78 is 9.27. The van der Waals surface area contributed by atoms with Crippen LogP contribution >= 0.6 is 15.9 Å². The van der Waals surface area contributed by atoms with Crippen LogP contribution in [0.15, 0.2) is 47.3 Å². The van der Waals surface area contributed by atoms with Crippen molar-refractivity contribution in [1.82, 2.24) is 14.5 Å². The molecule has 3 aromatic rings. The van der Waals surface area contributed by atoms with E-state index in [1.165, 1.54) is 0 Å². The number of benzene rings is 1. The fourth-order valence-electron chi connectivity index (χ4n) is 2.45. The van der Waals surface area contributed by atoms with Gasteiger partial charge in [0.15, 0.2) is 0 Å². The Bertz CT molecular complexity index is 783. The molecule has 0 fully saturated rings. The number of hydrogen-bond donors (Lipinski definition) is 0. The van der Waals surface area contributed by atoms with Crippen LogP contribution in [0.1, 0.15) is 38.6 Å². The molecule has 0 saturated carbocycles. The lowest BCUT2D eigenvalue weighted by Crippen LogP contribution is -2.07. The van der Waals surface area contributed by atoms with Crippen molar-refractivity contribution in [3.8, 4) is 5.75 Å². The summed E-state index contributed by atoms with van der Waals surface area (Å²) in [7, 11) is 0. The Balaban J connectivity index is 2.04. The minimum atomic E-state index is -0.130. The molecule has 5 heteroatoms. The molecule has 0 aliphatic carbocycles. The zero-order chi connectivity index (χ0) is 15.7. The van der Waals surface area contributed by atoms with Crippen LogP contribution in [0.25, 0.3) is 11.0 Å². The second kappa shape index (κ2) is 6.08. The van der Waals surface area contributed by atoms with Gasteiger partial charge in [-0.25, -0.2) is 4.98 Å². The molecule has 0 unspecified atom stereocenters. The van der Waals surface area contributed by atoms with Gasteiger partial charge in [-0.2, -0.15) is 0 Å². The van der Waals surface area contributed by atoms with E-state index in [0.29, 0.717) is 6.04 Å². The second-order valence-corrected chi connectivity index (χ2v) is 6.45. The molecule has 0 N–H and O–H groups in total. The van der Waals surface area contributed by atoms with Gasteiger partial charge in [0, 0.05) is 16.7 Å². The summed E-state index contributed by atoms with van der Waals surface area (Å²) in [4.78, 5) is 8.84. The van der Waals surface area contributed by atoms with Crippen molar-refractivity contribution in [3.05, 3.63) is 53.0 Å². The highest BCUT2D eigenvalue weighted by atomic mass is 79.9. The van der Waals surface area contributed by atoms with Crippen LogP contribution in [0, 0.1) is 0 Å². The smallest absolute Gasteiger partial charge is 0.147 e. The number of nitrogens with zero attached hydrogens (tertiary/aromatic N) is 3. The van der Waals surface area contributed by atoms with Gasteiger partial charge in [-0.3, -0.25) is 4.98 Å². The lowest BCUT2D eigenvalue weighted by molar-refractivity contribution is 0.223. The van der Waals surface area contributed by atoms with Gasteiger partial charge in [0.2, 0.25) is 0 Å². The minimum Gasteiger partial charge on any atom is -0.482 e. The molecule has 0 aliphatic rings. The van der Waals surface area contributed by atoms with Crippen molar-refractivity contribution in [1.29, 1.82) is 0 Å². The summed E-state index contributed by atoms with van der Waals surface area (Å²) in [6, 6.07) is 10.2. The molecule has 114 valence electrons. The van der Waals surface area contributed by atoms with Crippen molar-refractivity contribution in [3.63, 3.8) is 0 Å². The molecule has 22 heavy (non-hydrogen) atoms. The summed E-state index contributed by atoms with van der Waals surface area (Å²) >= 11 is 3.53. The highest BCUT2D eigenvalue weighted by molar-refractivity contribution is 9.10. The third-order valence-electron chi connectivity index (χ3n) is 3.56. The highest BCUT2D eigenvalue weighted by Gasteiger charge is 2.16. The first-order valence-corrected chi connectivity index (χ1v) is 8.09. The molecule has 3 rings (SSSR count). The molecular formula is C17H18BrN3O. The van der Waals surface area contributed by atoms with Crippen molar-refractivity contribution in [2.45, 2.75) is 32.9 Å². The summed E-state index contributed by atoms with van der Waals surface area (Å²) in [6.45, 7) is 6.27. The van der Waals surface area contributed by atoms with Crippen LogP contribution in [-0.2, 0) is 0 Å². The highest BCUT2D eigenvalue weighted by Crippen LogP contribution is 2.33. The molecule has 0 radical (unpaired) electrons. The van der Waals surface area contributed by atoms with Gasteiger partial charge in [-0.15, -0.1) is 0 Å². The third-order valence-corrected chi connectivity index (χ3v) is 4.02. The van der Waals surface area contributed by atoms with Gasteiger partial charge in [-0.05, 0) is 45.0 Å². The van der Waals surface area contributed by atoms with Crippen LogP contribution in [0.4, 0.5) is 0 Å². The van der Waals surface area contributed by atoms with Crippen molar-refractivity contribution in [2.24, 2.45) is 0 Å². The fourth-order valence-corrected chi connectivity index (χ4v) is 2.87. The molecular weight excluding hydrogens is 342 g/mol. The Morgan fingerprint density at radius 3 is 2.64 bits per heavy atom. The van der Waals surface area contributed by atoms with E-state index in [9.17, 15) is 0 Å². The Labute approximate surface area is 138 Å². The average Bonchev–Trinajstić information content (AvgIpc) is 2.92. The molecule has 1 atom stereocenters. The van der Waals surface area contributed by atoms with Crippen molar-refractivity contribution < 1.29 is 4.74 Å². The zero-order valence-electron chi connectivity index (χ0n) is 12.8. The number of halogens is 1. The van der Waals surface area contributed by atoms with E-state index in [4.69, 9.17) is 4.74 Å². The molecule has 0 saturated heterocycles. The number of rotatable bonds is 4. The minimum absolute atomic E-state index is 0.130. The number of fused-ring (bicyclic) bond motifs is 1. The third kappa shape index (κ3) is 2.86.